The van der Waals surface area contributed by atoms with Gasteiger partial charge in [-0.1, -0.05) is 6.92 Å². The van der Waals surface area contributed by atoms with Crippen LogP contribution in [0.2, 0.25) is 0 Å². The summed E-state index contributed by atoms with van der Waals surface area (Å²) in [4.78, 5) is 12.2. The van der Waals surface area contributed by atoms with Crippen molar-refractivity contribution in [3.63, 3.8) is 0 Å². The van der Waals surface area contributed by atoms with Gasteiger partial charge in [-0.2, -0.15) is 0 Å². The van der Waals surface area contributed by atoms with E-state index in [0.29, 0.717) is 6.42 Å². The van der Waals surface area contributed by atoms with Gasteiger partial charge in [0.25, 0.3) is 0 Å². The zero-order valence-corrected chi connectivity index (χ0v) is 32.0. The van der Waals surface area contributed by atoms with Gasteiger partial charge in [0.1, 0.15) is 48.5 Å². The van der Waals surface area contributed by atoms with Crippen molar-refractivity contribution in [3.05, 3.63) is 0 Å². The standard InChI is InChI=1S/C36H64O19/c1-5-22-33(44)31(42)20(24(7-37)53-22)11-51-15-28-36(47)32(43)21(25(8-38)55-28)12-50-14-27-35(46)30(41)19(23(54-27)6-16(2)39)10-49-13-26-34(45)29(40)18(9-48-4)17(3)52-26/h17-38,40-47H,5-15H2,1-4H3/t17?,18-,19-,20+,21-,22+,23?,24?,25?,26+,27+,28+,29-,30-,31-,32-,33?,34?,35?,36?/m1/s1. The number of hydrogen-bond acceptors (Lipinski definition) is 19. The van der Waals surface area contributed by atoms with E-state index >= 15 is 0 Å². The molecule has 322 valence electrons. The van der Waals surface area contributed by atoms with Crippen molar-refractivity contribution >= 4 is 5.78 Å². The lowest BCUT2D eigenvalue weighted by Gasteiger charge is -2.44. The quantitative estimate of drug-likeness (QED) is 0.0589. The normalized spacial score (nSPS) is 45.4. The van der Waals surface area contributed by atoms with Gasteiger partial charge in [0.05, 0.1) is 114 Å². The molecule has 4 aliphatic heterocycles. The second kappa shape index (κ2) is 21.8. The summed E-state index contributed by atoms with van der Waals surface area (Å²) in [7, 11) is 1.48. The summed E-state index contributed by atoms with van der Waals surface area (Å²) in [5.74, 6) is -3.27. The summed E-state index contributed by atoms with van der Waals surface area (Å²) in [5, 5.41) is 106. The molecule has 0 aromatic carbocycles. The fraction of sp³-hybridized carbons (Fsp3) is 0.972. The van der Waals surface area contributed by atoms with E-state index in [4.69, 9.17) is 37.9 Å². The Bertz CT molecular complexity index is 1130. The van der Waals surface area contributed by atoms with Crippen LogP contribution < -0.4 is 0 Å². The molecule has 4 heterocycles. The summed E-state index contributed by atoms with van der Waals surface area (Å²) in [5.41, 5.74) is 0. The summed E-state index contributed by atoms with van der Waals surface area (Å²) in [6.45, 7) is 2.79. The first-order chi connectivity index (χ1) is 26.2. The van der Waals surface area contributed by atoms with Crippen LogP contribution in [0.4, 0.5) is 0 Å². The molecule has 19 heteroatoms. The van der Waals surface area contributed by atoms with Crippen LogP contribution in [0.25, 0.3) is 0 Å². The topological polar surface area (TPSA) is 293 Å². The number of rotatable bonds is 19. The zero-order valence-electron chi connectivity index (χ0n) is 32.0. The van der Waals surface area contributed by atoms with E-state index in [0.717, 1.165) is 0 Å². The lowest BCUT2D eigenvalue weighted by molar-refractivity contribution is -0.247. The third-order valence-electron chi connectivity index (χ3n) is 11.5. The van der Waals surface area contributed by atoms with Gasteiger partial charge in [0.15, 0.2) is 0 Å². The molecule has 4 rings (SSSR count). The van der Waals surface area contributed by atoms with Crippen molar-refractivity contribution in [2.75, 3.05) is 66.6 Å². The molecule has 0 radical (unpaired) electrons. The fourth-order valence-corrected chi connectivity index (χ4v) is 8.10. The zero-order chi connectivity index (χ0) is 40.6. The van der Waals surface area contributed by atoms with Crippen molar-refractivity contribution < 1.29 is 93.8 Å². The number of Topliss-reactive ketones (excluding diaryl/α,β-unsaturated/α-hetero) is 1. The predicted molar refractivity (Wildman–Crippen MR) is 186 cm³/mol. The van der Waals surface area contributed by atoms with Gasteiger partial charge in [-0.05, 0) is 20.3 Å². The molecule has 4 aliphatic rings. The number of ether oxygens (including phenoxy) is 8. The molecule has 0 aromatic heterocycles. The maximum Gasteiger partial charge on any atom is 0.132 e. The minimum atomic E-state index is -1.48. The molecule has 8 unspecified atom stereocenters. The van der Waals surface area contributed by atoms with Crippen LogP contribution in [0.1, 0.15) is 33.6 Å². The van der Waals surface area contributed by atoms with E-state index in [1.807, 2.05) is 0 Å². The van der Waals surface area contributed by atoms with Gasteiger partial charge in [0.2, 0.25) is 0 Å². The number of hydrogen-bond donors (Lipinski definition) is 10. The Morgan fingerprint density at radius 2 is 0.855 bits per heavy atom. The molecule has 10 N–H and O–H groups in total. The highest BCUT2D eigenvalue weighted by Crippen LogP contribution is 2.33. The van der Waals surface area contributed by atoms with E-state index in [1.165, 1.54) is 14.0 Å². The van der Waals surface area contributed by atoms with Crippen molar-refractivity contribution in [2.24, 2.45) is 23.7 Å². The van der Waals surface area contributed by atoms with E-state index in [9.17, 15) is 55.9 Å². The Hall–Kier alpha value is -1.05. The summed E-state index contributed by atoms with van der Waals surface area (Å²) in [6.07, 6.45) is -17.2. The SMILES string of the molecule is CC[C@@H]1OC(CO)[C@H](COC[C@@H]2OC(CO)[C@@H](COC[C@@H]3OC(CC(C)=O)[C@@H](COC[C@@H]4OC(C)[C@@H](COC)[C@@H](O)C4O)[C@@H](O)C3O)[C@@H](O)C2O)[C@@H](O)C1O. The smallest absolute Gasteiger partial charge is 0.132 e. The van der Waals surface area contributed by atoms with Gasteiger partial charge in [-0.3, -0.25) is 4.79 Å². The second-order valence-electron chi connectivity index (χ2n) is 15.3. The Labute approximate surface area is 321 Å². The van der Waals surface area contributed by atoms with Crippen molar-refractivity contribution in [2.45, 2.75) is 131 Å². The number of carbonyl (C=O) groups is 1. The molecule has 4 saturated heterocycles. The van der Waals surface area contributed by atoms with Crippen LogP contribution >= 0.6 is 0 Å². The van der Waals surface area contributed by atoms with Crippen molar-refractivity contribution in [1.82, 2.24) is 0 Å². The van der Waals surface area contributed by atoms with Crippen LogP contribution in [0.5, 0.6) is 0 Å². The fourth-order valence-electron chi connectivity index (χ4n) is 8.10. The number of aliphatic hydroxyl groups is 10. The average molecular weight is 801 g/mol. The Kier molecular flexibility index (Phi) is 18.5. The summed E-state index contributed by atoms with van der Waals surface area (Å²) in [6, 6.07) is 0. The largest absolute Gasteiger partial charge is 0.394 e. The third kappa shape index (κ3) is 11.4. The third-order valence-corrected chi connectivity index (χ3v) is 11.5. The number of aliphatic hydroxyl groups excluding tert-OH is 10. The first-order valence-corrected chi connectivity index (χ1v) is 19.2. The Morgan fingerprint density at radius 3 is 1.25 bits per heavy atom. The molecule has 20 atom stereocenters. The highest BCUT2D eigenvalue weighted by molar-refractivity contribution is 5.76. The second-order valence-corrected chi connectivity index (χ2v) is 15.3. The number of methoxy groups -OCH3 is 1. The van der Waals surface area contributed by atoms with E-state index in [2.05, 4.69) is 0 Å². The predicted octanol–water partition coefficient (Wildman–Crippen LogP) is -4.50. The molecule has 0 aromatic rings. The average Bonchev–Trinajstić information content (AvgIpc) is 3.15. The maximum absolute atomic E-state index is 12.2. The monoisotopic (exact) mass is 800 g/mol. The first-order valence-electron chi connectivity index (χ1n) is 19.2. The van der Waals surface area contributed by atoms with E-state index in [-0.39, 0.29) is 58.5 Å². The number of carbonyl (C=O) groups excluding carboxylic acids is 1. The number of ketones is 1. The van der Waals surface area contributed by atoms with Gasteiger partial charge in [0, 0.05) is 37.2 Å². The molecule has 0 saturated carbocycles. The van der Waals surface area contributed by atoms with Crippen LogP contribution in [-0.2, 0) is 42.7 Å². The van der Waals surface area contributed by atoms with Gasteiger partial charge in [-0.25, -0.2) is 0 Å². The van der Waals surface area contributed by atoms with Crippen LogP contribution in [-0.4, -0.2) is 221 Å². The lowest BCUT2D eigenvalue weighted by Crippen LogP contribution is -2.59. The Morgan fingerprint density at radius 1 is 0.491 bits per heavy atom. The minimum Gasteiger partial charge on any atom is -0.394 e. The van der Waals surface area contributed by atoms with Gasteiger partial charge >= 0.3 is 0 Å². The molecule has 55 heavy (non-hydrogen) atoms. The van der Waals surface area contributed by atoms with Crippen LogP contribution in [0.3, 0.4) is 0 Å². The molecule has 0 amide bonds. The molecule has 0 aliphatic carbocycles. The summed E-state index contributed by atoms with van der Waals surface area (Å²) >= 11 is 0. The minimum absolute atomic E-state index is 0.115. The highest BCUT2D eigenvalue weighted by atomic mass is 16.6. The van der Waals surface area contributed by atoms with Crippen LogP contribution in [0, 0.1) is 23.7 Å². The van der Waals surface area contributed by atoms with E-state index < -0.39 is 135 Å². The van der Waals surface area contributed by atoms with Gasteiger partial charge < -0.3 is 89.0 Å². The molecule has 4 fully saturated rings. The first kappa shape index (κ1) is 46.6. The van der Waals surface area contributed by atoms with E-state index in [1.54, 1.807) is 13.8 Å². The highest BCUT2D eigenvalue weighted by Gasteiger charge is 2.49. The lowest BCUT2D eigenvalue weighted by atomic mass is 9.85. The molecular formula is C36H64O19. The van der Waals surface area contributed by atoms with Crippen molar-refractivity contribution in [1.29, 1.82) is 0 Å². The molecule has 0 bridgehead atoms. The van der Waals surface area contributed by atoms with Crippen molar-refractivity contribution in [3.8, 4) is 0 Å². The van der Waals surface area contributed by atoms with Gasteiger partial charge in [-0.15, -0.1) is 0 Å². The summed E-state index contributed by atoms with van der Waals surface area (Å²) < 4.78 is 45.8. The maximum atomic E-state index is 12.2. The Balaban J connectivity index is 1.27. The molecular weight excluding hydrogens is 736 g/mol. The molecule has 19 nitrogen and oxygen atoms in total. The van der Waals surface area contributed by atoms with Crippen LogP contribution in [0.15, 0.2) is 0 Å². The molecule has 0 spiro atoms.